The van der Waals surface area contributed by atoms with Crippen LogP contribution in [0.15, 0.2) is 0 Å². The van der Waals surface area contributed by atoms with Gasteiger partial charge in [-0.2, -0.15) is 0 Å². The van der Waals surface area contributed by atoms with E-state index >= 15 is 0 Å². The smallest absolute Gasteiger partial charge is 0.160 e. The molecule has 1 rings (SSSR count). The van der Waals surface area contributed by atoms with Crippen LogP contribution in [0.3, 0.4) is 0 Å². The van der Waals surface area contributed by atoms with Gasteiger partial charge < -0.3 is 14.6 Å². The zero-order valence-corrected chi connectivity index (χ0v) is 7.82. The van der Waals surface area contributed by atoms with Crippen LogP contribution in [0.5, 0.6) is 0 Å². The van der Waals surface area contributed by atoms with E-state index in [1.165, 1.54) is 0 Å². The van der Waals surface area contributed by atoms with Gasteiger partial charge in [0.2, 0.25) is 0 Å². The molecule has 0 bridgehead atoms. The first-order chi connectivity index (χ1) is 5.74. The number of aliphatic hydroxyl groups excluding tert-OH is 1. The van der Waals surface area contributed by atoms with Gasteiger partial charge in [-0.3, -0.25) is 0 Å². The first-order valence-corrected chi connectivity index (χ1v) is 4.65. The van der Waals surface area contributed by atoms with Crippen LogP contribution in [0.25, 0.3) is 0 Å². The molecule has 0 radical (unpaired) electrons. The molecule has 1 saturated heterocycles. The largest absolute Gasteiger partial charge is 0.388 e. The van der Waals surface area contributed by atoms with Crippen molar-refractivity contribution in [2.45, 2.75) is 39.1 Å². The molecule has 0 saturated carbocycles. The van der Waals surface area contributed by atoms with Gasteiger partial charge in [0.25, 0.3) is 0 Å². The molecule has 0 aliphatic carbocycles. The lowest BCUT2D eigenvalue weighted by atomic mass is 10.1. The van der Waals surface area contributed by atoms with Crippen molar-refractivity contribution in [3.8, 4) is 0 Å². The first-order valence-electron chi connectivity index (χ1n) is 4.65. The Balaban J connectivity index is 2.24. The summed E-state index contributed by atoms with van der Waals surface area (Å²) < 4.78 is 10.7. The summed E-state index contributed by atoms with van der Waals surface area (Å²) in [6, 6.07) is 0. The minimum Gasteiger partial charge on any atom is -0.388 e. The molecule has 1 unspecified atom stereocenters. The van der Waals surface area contributed by atoms with E-state index in [9.17, 15) is 0 Å². The topological polar surface area (TPSA) is 38.7 Å². The fourth-order valence-corrected chi connectivity index (χ4v) is 1.43. The maximum Gasteiger partial charge on any atom is 0.160 e. The standard InChI is InChI=1S/C9H18O3/c1-3-4-7(2)9-11-5-8(10)6-12-9/h7-10H,3-6H2,1-2H3. The highest BCUT2D eigenvalue weighted by atomic mass is 16.7. The molecule has 72 valence electrons. The van der Waals surface area contributed by atoms with Crippen LogP contribution in [0, 0.1) is 5.92 Å². The highest BCUT2D eigenvalue weighted by Gasteiger charge is 2.24. The highest BCUT2D eigenvalue weighted by Crippen LogP contribution is 2.18. The van der Waals surface area contributed by atoms with E-state index in [0.29, 0.717) is 19.1 Å². The molecule has 3 heteroatoms. The van der Waals surface area contributed by atoms with Gasteiger partial charge in [0.1, 0.15) is 6.10 Å². The van der Waals surface area contributed by atoms with E-state index in [1.54, 1.807) is 0 Å². The minimum absolute atomic E-state index is 0.103. The molecule has 0 aromatic carbocycles. The molecule has 1 fully saturated rings. The van der Waals surface area contributed by atoms with Crippen LogP contribution in [-0.2, 0) is 9.47 Å². The lowest BCUT2D eigenvalue weighted by Gasteiger charge is -2.30. The van der Waals surface area contributed by atoms with E-state index < -0.39 is 6.10 Å². The summed E-state index contributed by atoms with van der Waals surface area (Å²) in [5, 5.41) is 9.09. The van der Waals surface area contributed by atoms with Crippen molar-refractivity contribution in [2.75, 3.05) is 13.2 Å². The number of rotatable bonds is 3. The Kier molecular flexibility index (Phi) is 3.98. The average Bonchev–Trinajstić information content (AvgIpc) is 2.06. The van der Waals surface area contributed by atoms with Gasteiger partial charge in [-0.15, -0.1) is 0 Å². The van der Waals surface area contributed by atoms with Crippen LogP contribution >= 0.6 is 0 Å². The molecular weight excluding hydrogens is 156 g/mol. The lowest BCUT2D eigenvalue weighted by molar-refractivity contribution is -0.235. The van der Waals surface area contributed by atoms with E-state index in [0.717, 1.165) is 12.8 Å². The van der Waals surface area contributed by atoms with Gasteiger partial charge >= 0.3 is 0 Å². The molecule has 0 aromatic rings. The Hall–Kier alpha value is -0.120. The number of ether oxygens (including phenoxy) is 2. The van der Waals surface area contributed by atoms with E-state index in [-0.39, 0.29) is 6.29 Å². The maximum atomic E-state index is 9.09. The lowest BCUT2D eigenvalue weighted by Crippen LogP contribution is -2.38. The van der Waals surface area contributed by atoms with Crippen molar-refractivity contribution in [1.82, 2.24) is 0 Å². The van der Waals surface area contributed by atoms with E-state index in [1.807, 2.05) is 0 Å². The molecule has 0 aromatic heterocycles. The van der Waals surface area contributed by atoms with Gasteiger partial charge in [-0.1, -0.05) is 20.3 Å². The van der Waals surface area contributed by atoms with Crippen LogP contribution in [0.2, 0.25) is 0 Å². The third-order valence-corrected chi connectivity index (χ3v) is 2.11. The van der Waals surface area contributed by atoms with Gasteiger partial charge in [-0.05, 0) is 6.42 Å². The SMILES string of the molecule is CCCC(C)C1OCC(O)CO1. The van der Waals surface area contributed by atoms with Crippen molar-refractivity contribution in [1.29, 1.82) is 0 Å². The van der Waals surface area contributed by atoms with Crippen molar-refractivity contribution >= 4 is 0 Å². The van der Waals surface area contributed by atoms with Crippen LogP contribution in [-0.4, -0.2) is 30.7 Å². The number of hydrogen-bond donors (Lipinski definition) is 1. The summed E-state index contributed by atoms with van der Waals surface area (Å²) in [6.45, 7) is 5.09. The zero-order valence-electron chi connectivity index (χ0n) is 7.82. The van der Waals surface area contributed by atoms with Crippen LogP contribution in [0.1, 0.15) is 26.7 Å². The Morgan fingerprint density at radius 2 is 2.00 bits per heavy atom. The number of hydrogen-bond acceptors (Lipinski definition) is 3. The van der Waals surface area contributed by atoms with Crippen molar-refractivity contribution in [3.05, 3.63) is 0 Å². The third kappa shape index (κ3) is 2.73. The molecule has 12 heavy (non-hydrogen) atoms. The summed E-state index contributed by atoms with van der Waals surface area (Å²) in [7, 11) is 0. The quantitative estimate of drug-likeness (QED) is 0.697. The summed E-state index contributed by atoms with van der Waals surface area (Å²) in [4.78, 5) is 0. The van der Waals surface area contributed by atoms with Crippen molar-refractivity contribution in [3.63, 3.8) is 0 Å². The molecule has 1 aliphatic heterocycles. The summed E-state index contributed by atoms with van der Waals surface area (Å²) in [6.07, 6.45) is 1.72. The fraction of sp³-hybridized carbons (Fsp3) is 1.00. The Bertz CT molecular complexity index is 119. The molecule has 0 spiro atoms. The summed E-state index contributed by atoms with van der Waals surface area (Å²) in [5.74, 6) is 0.433. The molecule has 3 nitrogen and oxygen atoms in total. The second-order valence-electron chi connectivity index (χ2n) is 3.45. The molecule has 1 aliphatic rings. The predicted octanol–water partition coefficient (Wildman–Crippen LogP) is 1.16. The molecule has 1 heterocycles. The number of aliphatic hydroxyl groups is 1. The molecule has 1 N–H and O–H groups in total. The second-order valence-corrected chi connectivity index (χ2v) is 3.45. The zero-order chi connectivity index (χ0) is 8.97. The maximum absolute atomic E-state index is 9.09. The van der Waals surface area contributed by atoms with Gasteiger partial charge in [0.05, 0.1) is 13.2 Å². The van der Waals surface area contributed by atoms with Crippen LogP contribution in [0.4, 0.5) is 0 Å². The second kappa shape index (κ2) is 4.80. The Morgan fingerprint density at radius 1 is 1.42 bits per heavy atom. The van der Waals surface area contributed by atoms with Crippen LogP contribution < -0.4 is 0 Å². The average molecular weight is 174 g/mol. The van der Waals surface area contributed by atoms with E-state index in [4.69, 9.17) is 14.6 Å². The monoisotopic (exact) mass is 174 g/mol. The van der Waals surface area contributed by atoms with Crippen molar-refractivity contribution in [2.24, 2.45) is 5.92 Å². The molecule has 0 amide bonds. The first kappa shape index (κ1) is 9.96. The summed E-state index contributed by atoms with van der Waals surface area (Å²) >= 11 is 0. The minimum atomic E-state index is -0.435. The van der Waals surface area contributed by atoms with E-state index in [2.05, 4.69) is 13.8 Å². The molecular formula is C9H18O3. The normalized spacial score (nSPS) is 33.2. The Morgan fingerprint density at radius 3 is 2.50 bits per heavy atom. The highest BCUT2D eigenvalue weighted by molar-refractivity contribution is 4.64. The van der Waals surface area contributed by atoms with Gasteiger partial charge in [0.15, 0.2) is 6.29 Å². The van der Waals surface area contributed by atoms with Gasteiger partial charge in [0, 0.05) is 5.92 Å². The predicted molar refractivity (Wildman–Crippen MR) is 45.8 cm³/mol. The molecule has 1 atom stereocenters. The Labute approximate surface area is 73.7 Å². The van der Waals surface area contributed by atoms with Gasteiger partial charge in [-0.25, -0.2) is 0 Å². The third-order valence-electron chi connectivity index (χ3n) is 2.11. The summed E-state index contributed by atoms with van der Waals surface area (Å²) in [5.41, 5.74) is 0. The fourth-order valence-electron chi connectivity index (χ4n) is 1.43. The van der Waals surface area contributed by atoms with Crippen molar-refractivity contribution < 1.29 is 14.6 Å².